The summed E-state index contributed by atoms with van der Waals surface area (Å²) >= 11 is 11.5. The lowest BCUT2D eigenvalue weighted by Crippen LogP contribution is -2.00. The highest BCUT2D eigenvalue weighted by Crippen LogP contribution is 2.25. The Bertz CT molecular complexity index is 583. The fourth-order valence-electron chi connectivity index (χ4n) is 1.00. The summed E-state index contributed by atoms with van der Waals surface area (Å²) in [5.41, 5.74) is 0.0471. The second-order valence-corrected chi connectivity index (χ2v) is 3.65. The second-order valence-electron chi connectivity index (χ2n) is 2.84. The molecule has 0 aliphatic heterocycles. The summed E-state index contributed by atoms with van der Waals surface area (Å²) in [4.78, 5) is 0. The van der Waals surface area contributed by atoms with Crippen molar-refractivity contribution in [2.45, 2.75) is 0 Å². The SMILES string of the molecule is N#CC(C#N)=C(C#N)Nc1ccc(Cl)c(Cl)c1. The Morgan fingerprint density at radius 3 is 2.12 bits per heavy atom. The molecule has 0 bridgehead atoms. The van der Waals surface area contributed by atoms with Gasteiger partial charge in [0.15, 0.2) is 5.57 Å². The molecule has 0 aliphatic carbocycles. The molecule has 0 atom stereocenters. The van der Waals surface area contributed by atoms with Gasteiger partial charge >= 0.3 is 0 Å². The monoisotopic (exact) mass is 262 g/mol. The topological polar surface area (TPSA) is 83.4 Å². The fraction of sp³-hybridized carbons (Fsp3) is 0. The van der Waals surface area contributed by atoms with Crippen LogP contribution >= 0.6 is 23.2 Å². The summed E-state index contributed by atoms with van der Waals surface area (Å²) in [6.07, 6.45) is 0. The number of benzene rings is 1. The summed E-state index contributed by atoms with van der Waals surface area (Å²) in [7, 11) is 0. The van der Waals surface area contributed by atoms with Crippen molar-refractivity contribution in [1.82, 2.24) is 0 Å². The predicted molar refractivity (Wildman–Crippen MR) is 63.9 cm³/mol. The van der Waals surface area contributed by atoms with E-state index in [9.17, 15) is 0 Å². The van der Waals surface area contributed by atoms with Crippen molar-refractivity contribution < 1.29 is 0 Å². The van der Waals surface area contributed by atoms with Gasteiger partial charge in [0.2, 0.25) is 0 Å². The molecule has 0 saturated heterocycles. The van der Waals surface area contributed by atoms with Crippen molar-refractivity contribution >= 4 is 28.9 Å². The molecular formula is C11H4Cl2N4. The minimum absolute atomic E-state index is 0.131. The fourth-order valence-corrected chi connectivity index (χ4v) is 1.30. The van der Waals surface area contributed by atoms with Gasteiger partial charge in [0.05, 0.1) is 10.0 Å². The molecule has 1 aromatic rings. The summed E-state index contributed by atoms with van der Waals surface area (Å²) in [6, 6.07) is 9.60. The van der Waals surface area contributed by atoms with Crippen molar-refractivity contribution in [2.75, 3.05) is 5.32 Å². The molecule has 82 valence electrons. The molecule has 0 spiro atoms. The van der Waals surface area contributed by atoms with E-state index in [2.05, 4.69) is 5.32 Å². The third kappa shape index (κ3) is 3.13. The van der Waals surface area contributed by atoms with E-state index in [0.717, 1.165) is 0 Å². The first-order valence-corrected chi connectivity index (χ1v) is 5.04. The van der Waals surface area contributed by atoms with E-state index in [4.69, 9.17) is 39.0 Å². The van der Waals surface area contributed by atoms with Crippen molar-refractivity contribution in [3.8, 4) is 18.2 Å². The third-order valence-electron chi connectivity index (χ3n) is 1.77. The zero-order chi connectivity index (χ0) is 12.8. The van der Waals surface area contributed by atoms with E-state index in [1.165, 1.54) is 6.07 Å². The number of halogens is 2. The van der Waals surface area contributed by atoms with Crippen LogP contribution in [0.2, 0.25) is 10.0 Å². The maximum Gasteiger partial charge on any atom is 0.163 e. The van der Waals surface area contributed by atoms with Crippen LogP contribution in [0, 0.1) is 34.0 Å². The Balaban J connectivity index is 3.11. The van der Waals surface area contributed by atoms with Crippen LogP contribution in [0.3, 0.4) is 0 Å². The average molecular weight is 263 g/mol. The molecule has 1 N–H and O–H groups in total. The maximum atomic E-state index is 8.81. The molecule has 1 aromatic carbocycles. The number of rotatable bonds is 2. The van der Waals surface area contributed by atoms with E-state index in [-0.39, 0.29) is 11.3 Å². The van der Waals surface area contributed by atoms with Gasteiger partial charge in [0.25, 0.3) is 0 Å². The van der Waals surface area contributed by atoms with Crippen LogP contribution < -0.4 is 5.32 Å². The van der Waals surface area contributed by atoms with Gasteiger partial charge in [-0.05, 0) is 18.2 Å². The molecule has 6 heteroatoms. The minimum atomic E-state index is -0.293. The van der Waals surface area contributed by atoms with E-state index >= 15 is 0 Å². The van der Waals surface area contributed by atoms with Crippen LogP contribution in [0.1, 0.15) is 0 Å². The largest absolute Gasteiger partial charge is 0.345 e. The van der Waals surface area contributed by atoms with Gasteiger partial charge in [-0.15, -0.1) is 0 Å². The molecule has 0 saturated carbocycles. The summed E-state index contributed by atoms with van der Waals surface area (Å²) in [5.74, 6) is 0. The maximum absolute atomic E-state index is 8.81. The van der Waals surface area contributed by atoms with Crippen LogP contribution in [-0.2, 0) is 0 Å². The van der Waals surface area contributed by atoms with Gasteiger partial charge in [-0.1, -0.05) is 23.2 Å². The lowest BCUT2D eigenvalue weighted by Gasteiger charge is -2.05. The van der Waals surface area contributed by atoms with Crippen molar-refractivity contribution in [1.29, 1.82) is 15.8 Å². The van der Waals surface area contributed by atoms with Crippen molar-refractivity contribution in [3.05, 3.63) is 39.5 Å². The van der Waals surface area contributed by atoms with E-state index < -0.39 is 0 Å². The van der Waals surface area contributed by atoms with Gasteiger partial charge in [0.1, 0.15) is 23.9 Å². The standard InChI is InChI=1S/C11H4Cl2N4/c12-9-2-1-8(3-10(9)13)17-11(6-16)7(4-14)5-15/h1-3,17H. The highest BCUT2D eigenvalue weighted by Gasteiger charge is 2.07. The molecule has 0 aliphatic rings. The molecule has 0 radical (unpaired) electrons. The number of anilines is 1. The number of nitrogens with zero attached hydrogens (tertiary/aromatic N) is 3. The van der Waals surface area contributed by atoms with E-state index in [1.807, 2.05) is 0 Å². The first kappa shape index (κ1) is 12.9. The Hall–Kier alpha value is -2.19. The lowest BCUT2D eigenvalue weighted by atomic mass is 10.2. The van der Waals surface area contributed by atoms with Gasteiger partial charge in [0, 0.05) is 5.69 Å². The molecule has 0 unspecified atom stereocenters. The number of nitrogens with one attached hydrogen (secondary N) is 1. The zero-order valence-electron chi connectivity index (χ0n) is 8.33. The highest BCUT2D eigenvalue weighted by molar-refractivity contribution is 6.42. The van der Waals surface area contributed by atoms with Gasteiger partial charge in [-0.25, -0.2) is 0 Å². The van der Waals surface area contributed by atoms with Crippen molar-refractivity contribution in [3.63, 3.8) is 0 Å². The van der Waals surface area contributed by atoms with Gasteiger partial charge < -0.3 is 5.32 Å². The first-order valence-electron chi connectivity index (χ1n) is 4.29. The number of nitriles is 3. The quantitative estimate of drug-likeness (QED) is 0.830. The molecule has 0 amide bonds. The van der Waals surface area contributed by atoms with Gasteiger partial charge in [-0.3, -0.25) is 0 Å². The third-order valence-corrected chi connectivity index (χ3v) is 2.51. The number of allylic oxidation sites excluding steroid dienone is 2. The normalized spacial score (nSPS) is 8.41. The zero-order valence-corrected chi connectivity index (χ0v) is 9.84. The van der Waals surface area contributed by atoms with Crippen molar-refractivity contribution in [2.24, 2.45) is 0 Å². The smallest absolute Gasteiger partial charge is 0.163 e. The second kappa shape index (κ2) is 5.77. The Morgan fingerprint density at radius 2 is 1.65 bits per heavy atom. The van der Waals surface area contributed by atoms with Gasteiger partial charge in [-0.2, -0.15) is 15.8 Å². The predicted octanol–water partition coefficient (Wildman–Crippen LogP) is 3.23. The number of hydrogen-bond acceptors (Lipinski definition) is 4. The molecular weight excluding hydrogens is 259 g/mol. The van der Waals surface area contributed by atoms with Crippen LogP contribution in [0.15, 0.2) is 29.5 Å². The Labute approximate surface area is 108 Å². The Morgan fingerprint density at radius 1 is 1.00 bits per heavy atom. The number of hydrogen-bond donors (Lipinski definition) is 1. The molecule has 17 heavy (non-hydrogen) atoms. The summed E-state index contributed by atoms with van der Waals surface area (Å²) in [5, 5.41) is 29.4. The average Bonchev–Trinajstić information content (AvgIpc) is 2.33. The van der Waals surface area contributed by atoms with Crippen LogP contribution in [-0.4, -0.2) is 0 Å². The molecule has 0 heterocycles. The molecule has 0 fully saturated rings. The van der Waals surface area contributed by atoms with Crippen LogP contribution in [0.25, 0.3) is 0 Å². The molecule has 0 aromatic heterocycles. The Kier molecular flexibility index (Phi) is 4.37. The highest BCUT2D eigenvalue weighted by atomic mass is 35.5. The van der Waals surface area contributed by atoms with Crippen LogP contribution in [0.4, 0.5) is 5.69 Å². The van der Waals surface area contributed by atoms with E-state index in [0.29, 0.717) is 15.7 Å². The van der Waals surface area contributed by atoms with Crippen LogP contribution in [0.5, 0.6) is 0 Å². The molecule has 1 rings (SSSR count). The minimum Gasteiger partial charge on any atom is -0.345 e. The first-order chi connectivity index (χ1) is 8.12. The molecule has 4 nitrogen and oxygen atoms in total. The summed E-state index contributed by atoms with van der Waals surface area (Å²) < 4.78 is 0. The summed E-state index contributed by atoms with van der Waals surface area (Å²) in [6.45, 7) is 0. The lowest BCUT2D eigenvalue weighted by molar-refractivity contribution is 1.37. The van der Waals surface area contributed by atoms with E-state index in [1.54, 1.807) is 30.3 Å².